The molecule has 0 spiro atoms. The van der Waals surface area contributed by atoms with Crippen molar-refractivity contribution in [2.45, 2.75) is 19.4 Å². The number of hydrogen-bond acceptors (Lipinski definition) is 3. The van der Waals surface area contributed by atoms with Crippen molar-refractivity contribution in [1.29, 1.82) is 0 Å². The third kappa shape index (κ3) is 1.03. The van der Waals surface area contributed by atoms with Crippen LogP contribution < -0.4 is 0 Å². The number of hydrogen-bond donors (Lipinski definition) is 1. The van der Waals surface area contributed by atoms with Crippen LogP contribution in [0.5, 0.6) is 0 Å². The van der Waals surface area contributed by atoms with E-state index < -0.39 is 17.0 Å². The maximum absolute atomic E-state index is 11.0. The lowest BCUT2D eigenvalue weighted by molar-refractivity contribution is -0.172. The van der Waals surface area contributed by atoms with Gasteiger partial charge < -0.3 is 14.6 Å². The van der Waals surface area contributed by atoms with Crippen LogP contribution in [0.2, 0.25) is 0 Å². The molecule has 0 aromatic carbocycles. The smallest absolute Gasteiger partial charge is 0.339 e. The number of aliphatic carboxylic acids is 1. The maximum atomic E-state index is 11.0. The van der Waals surface area contributed by atoms with Crippen molar-refractivity contribution in [3.8, 4) is 0 Å². The minimum absolute atomic E-state index is 0.131. The average molecular weight is 174 g/mol. The van der Waals surface area contributed by atoms with Gasteiger partial charge >= 0.3 is 5.97 Å². The summed E-state index contributed by atoms with van der Waals surface area (Å²) in [6.07, 6.45) is 0. The molecule has 1 atom stereocenters. The quantitative estimate of drug-likeness (QED) is 0.662. The van der Waals surface area contributed by atoms with E-state index in [1.807, 2.05) is 13.8 Å². The highest BCUT2D eigenvalue weighted by atomic mass is 16.6. The lowest BCUT2D eigenvalue weighted by Gasteiger charge is -2.33. The number of carboxylic acids is 1. The Bertz CT molecular complexity index is 199. The Morgan fingerprint density at radius 3 is 2.25 bits per heavy atom. The van der Waals surface area contributed by atoms with Crippen molar-refractivity contribution < 1.29 is 19.4 Å². The summed E-state index contributed by atoms with van der Waals surface area (Å²) >= 11 is 0. The molecule has 0 radical (unpaired) electrons. The number of ether oxygens (including phenoxy) is 2. The zero-order valence-corrected chi connectivity index (χ0v) is 7.59. The summed E-state index contributed by atoms with van der Waals surface area (Å²) in [5.74, 6) is -0.951. The molecule has 0 aromatic rings. The van der Waals surface area contributed by atoms with Gasteiger partial charge in [-0.2, -0.15) is 0 Å². The molecule has 1 N–H and O–H groups in total. The molecule has 70 valence electrons. The second-order valence-corrected chi connectivity index (χ2v) is 3.71. The van der Waals surface area contributed by atoms with E-state index in [9.17, 15) is 4.79 Å². The molecular formula is C8H14O4. The van der Waals surface area contributed by atoms with E-state index in [1.165, 1.54) is 7.11 Å². The van der Waals surface area contributed by atoms with Crippen molar-refractivity contribution in [2.24, 2.45) is 5.41 Å². The lowest BCUT2D eigenvalue weighted by atomic mass is 9.78. The molecule has 1 aliphatic heterocycles. The van der Waals surface area contributed by atoms with E-state index in [-0.39, 0.29) is 6.61 Å². The Morgan fingerprint density at radius 1 is 1.50 bits per heavy atom. The third-order valence-electron chi connectivity index (χ3n) is 2.56. The largest absolute Gasteiger partial charge is 0.479 e. The minimum atomic E-state index is -1.17. The van der Waals surface area contributed by atoms with Gasteiger partial charge in [0.15, 0.2) is 5.60 Å². The molecule has 1 aliphatic rings. The summed E-state index contributed by atoms with van der Waals surface area (Å²) in [4.78, 5) is 11.0. The predicted molar refractivity (Wildman–Crippen MR) is 42.0 cm³/mol. The van der Waals surface area contributed by atoms with E-state index in [2.05, 4.69) is 0 Å². The standard InChI is InChI=1S/C8H14O4/c1-7(2)4-12-5-8(7,11-3)6(9)10/h4-5H2,1-3H3,(H,9,10). The van der Waals surface area contributed by atoms with Gasteiger partial charge in [0.1, 0.15) is 0 Å². The molecule has 0 aromatic heterocycles. The van der Waals surface area contributed by atoms with Crippen LogP contribution in [0.15, 0.2) is 0 Å². The first-order valence-electron chi connectivity index (χ1n) is 3.82. The molecule has 0 amide bonds. The summed E-state index contributed by atoms with van der Waals surface area (Å²) in [5, 5.41) is 8.99. The van der Waals surface area contributed by atoms with E-state index in [4.69, 9.17) is 14.6 Å². The number of carboxylic acid groups (broad SMARTS) is 1. The van der Waals surface area contributed by atoms with E-state index in [0.717, 1.165) is 0 Å². The van der Waals surface area contributed by atoms with Crippen molar-refractivity contribution in [2.75, 3.05) is 20.3 Å². The fourth-order valence-electron chi connectivity index (χ4n) is 1.54. The van der Waals surface area contributed by atoms with Gasteiger partial charge in [0.05, 0.1) is 13.2 Å². The molecule has 4 heteroatoms. The normalized spacial score (nSPS) is 33.6. The lowest BCUT2D eigenvalue weighted by Crippen LogP contribution is -2.52. The molecule has 0 bridgehead atoms. The van der Waals surface area contributed by atoms with Gasteiger partial charge in [0, 0.05) is 12.5 Å². The Kier molecular flexibility index (Phi) is 2.14. The number of methoxy groups -OCH3 is 1. The Morgan fingerprint density at radius 2 is 2.08 bits per heavy atom. The summed E-state index contributed by atoms with van der Waals surface area (Å²) in [7, 11) is 1.41. The fourth-order valence-corrected chi connectivity index (χ4v) is 1.54. The molecule has 1 fully saturated rings. The van der Waals surface area contributed by atoms with Crippen LogP contribution in [0.1, 0.15) is 13.8 Å². The van der Waals surface area contributed by atoms with Crippen LogP contribution in [0.25, 0.3) is 0 Å². The minimum Gasteiger partial charge on any atom is -0.479 e. The van der Waals surface area contributed by atoms with Crippen molar-refractivity contribution in [3.05, 3.63) is 0 Å². The van der Waals surface area contributed by atoms with Crippen molar-refractivity contribution >= 4 is 5.97 Å². The number of rotatable bonds is 2. The average Bonchev–Trinajstić information content (AvgIpc) is 2.25. The first-order chi connectivity index (χ1) is 5.46. The maximum Gasteiger partial charge on any atom is 0.339 e. The van der Waals surface area contributed by atoms with E-state index in [1.54, 1.807) is 0 Å². The molecule has 12 heavy (non-hydrogen) atoms. The molecule has 4 nitrogen and oxygen atoms in total. The zero-order valence-electron chi connectivity index (χ0n) is 7.59. The molecule has 0 aliphatic carbocycles. The highest BCUT2D eigenvalue weighted by Crippen LogP contribution is 2.39. The Balaban J connectivity index is 3.00. The second kappa shape index (κ2) is 2.71. The molecule has 0 saturated carbocycles. The molecule has 1 saturated heterocycles. The topological polar surface area (TPSA) is 55.8 Å². The van der Waals surface area contributed by atoms with Crippen LogP contribution in [0.4, 0.5) is 0 Å². The first-order valence-corrected chi connectivity index (χ1v) is 3.82. The molecular weight excluding hydrogens is 160 g/mol. The van der Waals surface area contributed by atoms with Crippen LogP contribution >= 0.6 is 0 Å². The number of carbonyl (C=O) groups is 1. The summed E-state index contributed by atoms with van der Waals surface area (Å²) in [6, 6.07) is 0. The van der Waals surface area contributed by atoms with Crippen LogP contribution in [0.3, 0.4) is 0 Å². The fraction of sp³-hybridized carbons (Fsp3) is 0.875. The Hall–Kier alpha value is -0.610. The van der Waals surface area contributed by atoms with Gasteiger partial charge in [-0.15, -0.1) is 0 Å². The summed E-state index contributed by atoms with van der Waals surface area (Å²) < 4.78 is 10.2. The van der Waals surface area contributed by atoms with Crippen LogP contribution in [0, 0.1) is 5.41 Å². The van der Waals surface area contributed by atoms with Crippen molar-refractivity contribution in [3.63, 3.8) is 0 Å². The first kappa shape index (κ1) is 9.48. The van der Waals surface area contributed by atoms with E-state index in [0.29, 0.717) is 6.61 Å². The highest BCUT2D eigenvalue weighted by molar-refractivity contribution is 5.79. The molecule has 1 rings (SSSR count). The second-order valence-electron chi connectivity index (χ2n) is 3.71. The van der Waals surface area contributed by atoms with Gasteiger partial charge in [0.25, 0.3) is 0 Å². The Labute approximate surface area is 71.5 Å². The van der Waals surface area contributed by atoms with Gasteiger partial charge in [-0.25, -0.2) is 4.79 Å². The van der Waals surface area contributed by atoms with E-state index >= 15 is 0 Å². The summed E-state index contributed by atoms with van der Waals surface area (Å²) in [6.45, 7) is 4.22. The molecule has 1 heterocycles. The van der Waals surface area contributed by atoms with Crippen molar-refractivity contribution in [1.82, 2.24) is 0 Å². The molecule has 1 unspecified atom stereocenters. The third-order valence-corrected chi connectivity index (χ3v) is 2.56. The highest BCUT2D eigenvalue weighted by Gasteiger charge is 2.56. The van der Waals surface area contributed by atoms with Gasteiger partial charge in [-0.1, -0.05) is 13.8 Å². The van der Waals surface area contributed by atoms with Gasteiger partial charge in [0.2, 0.25) is 0 Å². The van der Waals surface area contributed by atoms with Crippen LogP contribution in [-0.4, -0.2) is 37.0 Å². The zero-order chi connectivity index (χ0) is 9.41. The SMILES string of the molecule is COC1(C(=O)O)COCC1(C)C. The summed E-state index contributed by atoms with van der Waals surface area (Å²) in [5.41, 5.74) is -1.64. The van der Waals surface area contributed by atoms with Gasteiger partial charge in [-0.3, -0.25) is 0 Å². The monoisotopic (exact) mass is 174 g/mol. The van der Waals surface area contributed by atoms with Crippen LogP contribution in [-0.2, 0) is 14.3 Å². The van der Waals surface area contributed by atoms with Gasteiger partial charge in [-0.05, 0) is 0 Å². The predicted octanol–water partition coefficient (Wildman–Crippen LogP) is 0.513.